The van der Waals surface area contributed by atoms with Crippen LogP contribution in [-0.2, 0) is 9.53 Å². The van der Waals surface area contributed by atoms with Gasteiger partial charge in [-0.1, -0.05) is 11.2 Å². The highest BCUT2D eigenvalue weighted by Crippen LogP contribution is 2.13. The van der Waals surface area contributed by atoms with E-state index in [-0.39, 0.29) is 5.88 Å². The van der Waals surface area contributed by atoms with Gasteiger partial charge in [-0.15, -0.1) is 0 Å². The molecule has 1 aromatic heterocycles. The minimum atomic E-state index is -0.613. The van der Waals surface area contributed by atoms with Gasteiger partial charge in [0.2, 0.25) is 5.88 Å². The van der Waals surface area contributed by atoms with E-state index in [0.29, 0.717) is 17.0 Å². The van der Waals surface area contributed by atoms with E-state index in [0.717, 1.165) is 0 Å². The van der Waals surface area contributed by atoms with Crippen molar-refractivity contribution in [1.29, 1.82) is 0 Å². The van der Waals surface area contributed by atoms with E-state index < -0.39 is 18.5 Å². The van der Waals surface area contributed by atoms with Crippen LogP contribution >= 0.6 is 0 Å². The Balaban J connectivity index is 1.87. The van der Waals surface area contributed by atoms with Crippen molar-refractivity contribution in [2.24, 2.45) is 0 Å². The van der Waals surface area contributed by atoms with Gasteiger partial charge in [-0.25, -0.2) is 4.79 Å². The number of amides is 1. The standard InChI is InChI=1S/C14H14N2O5/c1-9-6-13(21-16-9)15-12(17)8-20-14(18)10-4-3-5-11(7-10)19-2/h3-7H,8H2,1-2H3,(H,15,17). The monoisotopic (exact) mass is 290 g/mol. The molecule has 0 saturated heterocycles. The SMILES string of the molecule is COc1cccc(C(=O)OCC(=O)Nc2cc(C)no2)c1. The van der Waals surface area contributed by atoms with Crippen LogP contribution < -0.4 is 10.1 Å². The van der Waals surface area contributed by atoms with Crippen molar-refractivity contribution < 1.29 is 23.6 Å². The highest BCUT2D eigenvalue weighted by molar-refractivity contribution is 5.95. The largest absolute Gasteiger partial charge is 0.497 e. The summed E-state index contributed by atoms with van der Waals surface area (Å²) < 4.78 is 14.7. The number of hydrogen-bond donors (Lipinski definition) is 1. The lowest BCUT2D eigenvalue weighted by atomic mass is 10.2. The molecular formula is C14H14N2O5. The summed E-state index contributed by atoms with van der Waals surface area (Å²) in [6.07, 6.45) is 0. The Kier molecular flexibility index (Phi) is 4.55. The predicted octanol–water partition coefficient (Wildman–Crippen LogP) is 1.79. The van der Waals surface area contributed by atoms with Gasteiger partial charge >= 0.3 is 5.97 Å². The quantitative estimate of drug-likeness (QED) is 0.844. The van der Waals surface area contributed by atoms with Crippen molar-refractivity contribution in [2.45, 2.75) is 6.92 Å². The Bertz CT molecular complexity index is 650. The maximum atomic E-state index is 11.8. The molecule has 1 N–H and O–H groups in total. The van der Waals surface area contributed by atoms with Crippen LogP contribution in [0.25, 0.3) is 0 Å². The number of nitrogens with zero attached hydrogens (tertiary/aromatic N) is 1. The average molecular weight is 290 g/mol. The van der Waals surface area contributed by atoms with Gasteiger partial charge in [-0.05, 0) is 25.1 Å². The molecule has 7 nitrogen and oxygen atoms in total. The summed E-state index contributed by atoms with van der Waals surface area (Å²) in [6, 6.07) is 8.02. The number of esters is 1. The van der Waals surface area contributed by atoms with E-state index in [1.54, 1.807) is 31.2 Å². The number of carbonyl (C=O) groups is 2. The van der Waals surface area contributed by atoms with Crippen molar-refractivity contribution in [1.82, 2.24) is 5.16 Å². The topological polar surface area (TPSA) is 90.7 Å². The van der Waals surface area contributed by atoms with Gasteiger partial charge in [0.05, 0.1) is 18.4 Å². The van der Waals surface area contributed by atoms with E-state index in [1.165, 1.54) is 13.2 Å². The third-order valence-corrected chi connectivity index (χ3v) is 2.53. The first kappa shape index (κ1) is 14.6. The lowest BCUT2D eigenvalue weighted by Crippen LogP contribution is -2.20. The van der Waals surface area contributed by atoms with E-state index in [2.05, 4.69) is 10.5 Å². The van der Waals surface area contributed by atoms with Crippen LogP contribution in [0.3, 0.4) is 0 Å². The molecule has 0 spiro atoms. The third-order valence-electron chi connectivity index (χ3n) is 2.53. The molecule has 2 rings (SSSR count). The first-order chi connectivity index (χ1) is 10.1. The van der Waals surface area contributed by atoms with Crippen LogP contribution in [0.1, 0.15) is 16.1 Å². The van der Waals surface area contributed by atoms with Crippen LogP contribution in [0, 0.1) is 6.92 Å². The zero-order valence-corrected chi connectivity index (χ0v) is 11.6. The number of aryl methyl sites for hydroxylation is 1. The molecule has 0 fully saturated rings. The minimum Gasteiger partial charge on any atom is -0.497 e. The molecule has 1 amide bonds. The number of methoxy groups -OCH3 is 1. The van der Waals surface area contributed by atoms with Crippen molar-refractivity contribution in [3.63, 3.8) is 0 Å². The molecule has 21 heavy (non-hydrogen) atoms. The number of carbonyl (C=O) groups excluding carboxylic acids is 2. The third kappa shape index (κ3) is 4.07. The van der Waals surface area contributed by atoms with Crippen LogP contribution in [0.4, 0.5) is 5.88 Å². The first-order valence-electron chi connectivity index (χ1n) is 6.13. The molecule has 0 unspecified atom stereocenters. The fourth-order valence-electron chi connectivity index (χ4n) is 1.56. The molecule has 0 radical (unpaired) electrons. The van der Waals surface area contributed by atoms with Crippen LogP contribution in [-0.4, -0.2) is 30.7 Å². The van der Waals surface area contributed by atoms with Gasteiger partial charge in [-0.2, -0.15) is 0 Å². The molecule has 2 aromatic rings. The average Bonchev–Trinajstić information content (AvgIpc) is 2.90. The molecule has 1 aromatic carbocycles. The van der Waals surface area contributed by atoms with Crippen molar-refractivity contribution in [3.05, 3.63) is 41.6 Å². The number of hydrogen-bond acceptors (Lipinski definition) is 6. The number of aromatic nitrogens is 1. The number of nitrogens with one attached hydrogen (secondary N) is 1. The second-order valence-corrected chi connectivity index (χ2v) is 4.19. The van der Waals surface area contributed by atoms with Gasteiger partial charge in [0.1, 0.15) is 5.75 Å². The fraction of sp³-hybridized carbons (Fsp3) is 0.214. The van der Waals surface area contributed by atoms with Gasteiger partial charge in [0, 0.05) is 6.07 Å². The molecule has 110 valence electrons. The lowest BCUT2D eigenvalue weighted by molar-refractivity contribution is -0.119. The predicted molar refractivity (Wildman–Crippen MR) is 73.1 cm³/mol. The van der Waals surface area contributed by atoms with Crippen molar-refractivity contribution in [2.75, 3.05) is 19.0 Å². The van der Waals surface area contributed by atoms with Crippen LogP contribution in [0.15, 0.2) is 34.9 Å². The second kappa shape index (κ2) is 6.56. The van der Waals surface area contributed by atoms with Crippen LogP contribution in [0.2, 0.25) is 0 Å². The molecule has 0 bridgehead atoms. The van der Waals surface area contributed by atoms with Gasteiger partial charge in [0.25, 0.3) is 5.91 Å². The van der Waals surface area contributed by atoms with Crippen molar-refractivity contribution >= 4 is 17.8 Å². The van der Waals surface area contributed by atoms with E-state index in [1.807, 2.05) is 0 Å². The molecule has 0 atom stereocenters. The van der Waals surface area contributed by atoms with E-state index in [9.17, 15) is 9.59 Å². The summed E-state index contributed by atoms with van der Waals surface area (Å²) in [4.78, 5) is 23.4. The molecule has 0 aliphatic carbocycles. The highest BCUT2D eigenvalue weighted by atomic mass is 16.5. The van der Waals surface area contributed by atoms with Crippen LogP contribution in [0.5, 0.6) is 5.75 Å². The fourth-order valence-corrected chi connectivity index (χ4v) is 1.56. The van der Waals surface area contributed by atoms with E-state index >= 15 is 0 Å². The number of anilines is 1. The zero-order valence-electron chi connectivity index (χ0n) is 11.6. The normalized spacial score (nSPS) is 10.0. The summed E-state index contributed by atoms with van der Waals surface area (Å²) >= 11 is 0. The Morgan fingerprint density at radius 2 is 2.14 bits per heavy atom. The summed E-state index contributed by atoms with van der Waals surface area (Å²) in [6.45, 7) is 1.30. The lowest BCUT2D eigenvalue weighted by Gasteiger charge is -2.05. The molecule has 0 saturated carbocycles. The van der Waals surface area contributed by atoms with Gasteiger partial charge in [-0.3, -0.25) is 10.1 Å². The second-order valence-electron chi connectivity index (χ2n) is 4.19. The maximum absolute atomic E-state index is 11.8. The molecule has 0 aliphatic rings. The molecule has 7 heteroatoms. The Morgan fingerprint density at radius 1 is 1.33 bits per heavy atom. The zero-order chi connectivity index (χ0) is 15.2. The maximum Gasteiger partial charge on any atom is 0.338 e. The van der Waals surface area contributed by atoms with E-state index in [4.69, 9.17) is 14.0 Å². The first-order valence-corrected chi connectivity index (χ1v) is 6.13. The van der Waals surface area contributed by atoms with Gasteiger partial charge < -0.3 is 14.0 Å². The number of rotatable bonds is 5. The number of benzene rings is 1. The molecular weight excluding hydrogens is 276 g/mol. The minimum absolute atomic E-state index is 0.204. The Labute approximate surface area is 120 Å². The highest BCUT2D eigenvalue weighted by Gasteiger charge is 2.12. The molecule has 1 heterocycles. The van der Waals surface area contributed by atoms with Crippen molar-refractivity contribution in [3.8, 4) is 5.75 Å². The summed E-state index contributed by atoms with van der Waals surface area (Å²) in [5.41, 5.74) is 0.941. The van der Waals surface area contributed by atoms with Gasteiger partial charge in [0.15, 0.2) is 6.61 Å². The number of ether oxygens (including phenoxy) is 2. The smallest absolute Gasteiger partial charge is 0.338 e. The summed E-state index contributed by atoms with van der Waals surface area (Å²) in [5.74, 6) is -0.388. The Hall–Kier alpha value is -2.83. The molecule has 0 aliphatic heterocycles. The Morgan fingerprint density at radius 3 is 2.81 bits per heavy atom. The summed E-state index contributed by atoms with van der Waals surface area (Å²) in [5, 5.41) is 6.04. The summed E-state index contributed by atoms with van der Waals surface area (Å²) in [7, 11) is 1.50.